The van der Waals surface area contributed by atoms with E-state index in [9.17, 15) is 0 Å². The minimum Gasteiger partial charge on any atom is -0.364 e. The maximum atomic E-state index is 4.36. The SMILES string of the molecule is Brc1cnc(NCc2cc3c(s2)CCC3)c(Br)c1. The lowest BCUT2D eigenvalue weighted by molar-refractivity contribution is 0.913. The zero-order chi connectivity index (χ0) is 12.5. The summed E-state index contributed by atoms with van der Waals surface area (Å²) in [6.07, 6.45) is 5.66. The molecule has 0 fully saturated rings. The van der Waals surface area contributed by atoms with Crippen LogP contribution in [0.5, 0.6) is 0 Å². The van der Waals surface area contributed by atoms with Crippen molar-refractivity contribution in [2.45, 2.75) is 25.8 Å². The topological polar surface area (TPSA) is 24.9 Å². The molecule has 1 N–H and O–H groups in total. The number of aryl methyl sites for hydroxylation is 2. The molecule has 2 aromatic rings. The highest BCUT2D eigenvalue weighted by molar-refractivity contribution is 9.11. The molecule has 0 radical (unpaired) electrons. The van der Waals surface area contributed by atoms with Crippen LogP contribution in [0.2, 0.25) is 0 Å². The third kappa shape index (κ3) is 2.63. The lowest BCUT2D eigenvalue weighted by atomic mass is 10.2. The molecule has 0 bridgehead atoms. The Balaban J connectivity index is 1.70. The van der Waals surface area contributed by atoms with Crippen LogP contribution in [0.4, 0.5) is 5.82 Å². The average molecular weight is 388 g/mol. The summed E-state index contributed by atoms with van der Waals surface area (Å²) in [5.74, 6) is 0.895. The van der Waals surface area contributed by atoms with E-state index in [0.29, 0.717) is 0 Å². The van der Waals surface area contributed by atoms with Crippen LogP contribution in [0.25, 0.3) is 0 Å². The van der Waals surface area contributed by atoms with E-state index in [0.717, 1.165) is 21.3 Å². The van der Waals surface area contributed by atoms with Crippen molar-refractivity contribution in [3.05, 3.63) is 42.6 Å². The van der Waals surface area contributed by atoms with Gasteiger partial charge in [-0.05, 0) is 68.8 Å². The van der Waals surface area contributed by atoms with Gasteiger partial charge < -0.3 is 5.32 Å². The number of nitrogens with one attached hydrogen (secondary N) is 1. The van der Waals surface area contributed by atoms with Gasteiger partial charge in [0.15, 0.2) is 0 Å². The van der Waals surface area contributed by atoms with Crippen molar-refractivity contribution in [3.63, 3.8) is 0 Å². The summed E-state index contributed by atoms with van der Waals surface area (Å²) in [6, 6.07) is 4.34. The van der Waals surface area contributed by atoms with Gasteiger partial charge >= 0.3 is 0 Å². The molecule has 0 spiro atoms. The van der Waals surface area contributed by atoms with Crippen LogP contribution in [0, 0.1) is 0 Å². The molecular weight excluding hydrogens is 376 g/mol. The van der Waals surface area contributed by atoms with Crippen LogP contribution >= 0.6 is 43.2 Å². The van der Waals surface area contributed by atoms with Crippen LogP contribution in [0.3, 0.4) is 0 Å². The van der Waals surface area contributed by atoms with Crippen LogP contribution in [0.1, 0.15) is 21.7 Å². The summed E-state index contributed by atoms with van der Waals surface area (Å²) in [4.78, 5) is 7.33. The fourth-order valence-electron chi connectivity index (χ4n) is 2.19. The van der Waals surface area contributed by atoms with Gasteiger partial charge in [-0.25, -0.2) is 4.98 Å². The van der Waals surface area contributed by atoms with Gasteiger partial charge in [-0.1, -0.05) is 0 Å². The largest absolute Gasteiger partial charge is 0.364 e. The Labute approximate surface area is 127 Å². The molecular formula is C13H12Br2N2S. The van der Waals surface area contributed by atoms with Gasteiger partial charge in [0, 0.05) is 20.4 Å². The molecule has 0 amide bonds. The number of fused-ring (bicyclic) bond motifs is 1. The van der Waals surface area contributed by atoms with Crippen LogP contribution < -0.4 is 5.32 Å². The quantitative estimate of drug-likeness (QED) is 0.820. The first-order valence-electron chi connectivity index (χ1n) is 5.88. The molecule has 2 nitrogen and oxygen atoms in total. The second kappa shape index (κ2) is 5.31. The standard InChI is InChI=1S/C13H12Br2N2S/c14-9-5-11(15)13(16-6-9)17-7-10-4-8-2-1-3-12(8)18-10/h4-6H,1-3,7H2,(H,16,17). The maximum Gasteiger partial charge on any atom is 0.140 e. The van der Waals surface area contributed by atoms with Gasteiger partial charge in [0.1, 0.15) is 5.82 Å². The fraction of sp³-hybridized carbons (Fsp3) is 0.308. The smallest absolute Gasteiger partial charge is 0.140 e. The van der Waals surface area contributed by atoms with Crippen molar-refractivity contribution in [3.8, 4) is 0 Å². The molecule has 94 valence electrons. The highest BCUT2D eigenvalue weighted by Gasteiger charge is 2.14. The van der Waals surface area contributed by atoms with E-state index in [1.54, 1.807) is 10.4 Å². The van der Waals surface area contributed by atoms with E-state index >= 15 is 0 Å². The molecule has 0 saturated heterocycles. The first kappa shape index (κ1) is 12.6. The first-order valence-corrected chi connectivity index (χ1v) is 8.28. The molecule has 0 aromatic carbocycles. The summed E-state index contributed by atoms with van der Waals surface area (Å²) in [7, 11) is 0. The third-order valence-corrected chi connectivity index (χ3v) is 5.31. The predicted molar refractivity (Wildman–Crippen MR) is 83.3 cm³/mol. The number of hydrogen-bond donors (Lipinski definition) is 1. The van der Waals surface area contributed by atoms with E-state index in [2.05, 4.69) is 48.2 Å². The lowest BCUT2D eigenvalue weighted by Gasteiger charge is -2.06. The minimum atomic E-state index is 0.852. The number of rotatable bonds is 3. The monoisotopic (exact) mass is 386 g/mol. The number of nitrogens with zero attached hydrogens (tertiary/aromatic N) is 1. The van der Waals surface area contributed by atoms with Crippen molar-refractivity contribution in [2.24, 2.45) is 0 Å². The van der Waals surface area contributed by atoms with Crippen molar-refractivity contribution in [1.29, 1.82) is 0 Å². The van der Waals surface area contributed by atoms with E-state index in [-0.39, 0.29) is 0 Å². The molecule has 5 heteroatoms. The van der Waals surface area contributed by atoms with Crippen LogP contribution in [-0.4, -0.2) is 4.98 Å². The summed E-state index contributed by atoms with van der Waals surface area (Å²) in [6.45, 7) is 0.852. The van der Waals surface area contributed by atoms with Gasteiger partial charge in [-0.3, -0.25) is 0 Å². The van der Waals surface area contributed by atoms with Gasteiger partial charge in [-0.2, -0.15) is 0 Å². The Bertz CT molecular complexity index is 559. The molecule has 2 heterocycles. The maximum absolute atomic E-state index is 4.36. The minimum absolute atomic E-state index is 0.852. The number of thiophene rings is 1. The molecule has 2 aromatic heterocycles. The second-order valence-electron chi connectivity index (χ2n) is 4.35. The predicted octanol–water partition coefficient (Wildman–Crippen LogP) is 4.77. The molecule has 1 aliphatic rings. The molecule has 3 rings (SSSR count). The van der Waals surface area contributed by atoms with E-state index in [4.69, 9.17) is 0 Å². The Morgan fingerprint density at radius 2 is 2.17 bits per heavy atom. The van der Waals surface area contributed by atoms with E-state index < -0.39 is 0 Å². The average Bonchev–Trinajstić information content (AvgIpc) is 2.88. The Morgan fingerprint density at radius 3 is 2.94 bits per heavy atom. The van der Waals surface area contributed by atoms with Crippen LogP contribution in [0.15, 0.2) is 27.3 Å². The van der Waals surface area contributed by atoms with Crippen LogP contribution in [-0.2, 0) is 19.4 Å². The highest BCUT2D eigenvalue weighted by Crippen LogP contribution is 2.31. The fourth-order valence-corrected chi connectivity index (χ4v) is 4.52. The van der Waals surface area contributed by atoms with Crippen molar-refractivity contribution in [2.75, 3.05) is 5.32 Å². The number of anilines is 1. The molecule has 0 aliphatic heterocycles. The lowest BCUT2D eigenvalue weighted by Crippen LogP contribution is -2.00. The van der Waals surface area contributed by atoms with E-state index in [1.165, 1.54) is 24.1 Å². The Kier molecular flexibility index (Phi) is 3.73. The number of halogens is 2. The molecule has 18 heavy (non-hydrogen) atoms. The molecule has 0 saturated carbocycles. The van der Waals surface area contributed by atoms with Gasteiger partial charge in [-0.15, -0.1) is 11.3 Å². The Hall–Kier alpha value is -0.390. The summed E-state index contributed by atoms with van der Waals surface area (Å²) < 4.78 is 1.97. The first-order chi connectivity index (χ1) is 8.72. The summed E-state index contributed by atoms with van der Waals surface area (Å²) in [5.41, 5.74) is 1.56. The van der Waals surface area contributed by atoms with Gasteiger partial charge in [0.05, 0.1) is 11.0 Å². The zero-order valence-electron chi connectivity index (χ0n) is 9.67. The van der Waals surface area contributed by atoms with Crippen molar-refractivity contribution in [1.82, 2.24) is 4.98 Å². The molecule has 1 aliphatic carbocycles. The molecule has 0 unspecified atom stereocenters. The van der Waals surface area contributed by atoms with Crippen molar-refractivity contribution < 1.29 is 0 Å². The van der Waals surface area contributed by atoms with Gasteiger partial charge in [0.25, 0.3) is 0 Å². The highest BCUT2D eigenvalue weighted by atomic mass is 79.9. The van der Waals surface area contributed by atoms with Gasteiger partial charge in [0.2, 0.25) is 0 Å². The summed E-state index contributed by atoms with van der Waals surface area (Å²) >= 11 is 8.85. The number of aromatic nitrogens is 1. The van der Waals surface area contributed by atoms with Crippen molar-refractivity contribution >= 4 is 49.0 Å². The normalized spacial score (nSPS) is 13.7. The number of pyridine rings is 1. The third-order valence-electron chi connectivity index (χ3n) is 3.04. The second-order valence-corrected chi connectivity index (χ2v) is 7.34. The Morgan fingerprint density at radius 1 is 1.28 bits per heavy atom. The summed E-state index contributed by atoms with van der Waals surface area (Å²) in [5, 5.41) is 3.38. The number of hydrogen-bond acceptors (Lipinski definition) is 3. The zero-order valence-corrected chi connectivity index (χ0v) is 13.7. The molecule has 0 atom stereocenters. The van der Waals surface area contributed by atoms with E-state index in [1.807, 2.05) is 23.6 Å².